The Balaban J connectivity index is 3.27. The topological polar surface area (TPSA) is 66.2 Å². The van der Waals surface area contributed by atoms with Gasteiger partial charge in [0.2, 0.25) is 0 Å². The van der Waals surface area contributed by atoms with Crippen LogP contribution in [-0.4, -0.2) is 5.97 Å². The quantitative estimate of drug-likeness (QED) is 0.568. The van der Waals surface area contributed by atoms with Crippen LogP contribution in [0.5, 0.6) is 0 Å². The van der Waals surface area contributed by atoms with Gasteiger partial charge < -0.3 is 15.6 Å². The van der Waals surface area contributed by atoms with E-state index in [0.29, 0.717) is 0 Å². The van der Waals surface area contributed by atoms with E-state index in [1.807, 2.05) is 0 Å². The molecule has 0 aromatic heterocycles. The minimum absolute atomic E-state index is 0.315. The molecular formula is C7H5FNO2-. The number of halogens is 1. The van der Waals surface area contributed by atoms with Crippen LogP contribution >= 0.6 is 0 Å². The zero-order valence-corrected chi connectivity index (χ0v) is 5.50. The number of carboxylic acid groups (broad SMARTS) is 1. The summed E-state index contributed by atoms with van der Waals surface area (Å²) in [5.74, 6) is -2.21. The molecule has 1 aromatic rings. The fraction of sp³-hybridized carbons (Fsp3) is 0. The highest BCUT2D eigenvalue weighted by molar-refractivity contribution is 5.92. The van der Waals surface area contributed by atoms with Gasteiger partial charge in [-0.2, -0.15) is 0 Å². The van der Waals surface area contributed by atoms with Crippen molar-refractivity contribution in [2.45, 2.75) is 0 Å². The standard InChI is InChI=1S/C7H6FNO2/c8-5-3-1-2-4(6(5)9)7(10)11/h1-3H,9H2,(H,10,11)/p-1. The van der Waals surface area contributed by atoms with Gasteiger partial charge in [0.1, 0.15) is 5.82 Å². The molecule has 1 rings (SSSR count). The number of nitrogen functional groups attached to an aromatic ring is 1. The Kier molecular flexibility index (Phi) is 1.76. The van der Waals surface area contributed by atoms with Gasteiger partial charge in [-0.3, -0.25) is 0 Å². The molecule has 0 amide bonds. The number of hydrogen-bond acceptors (Lipinski definition) is 3. The molecule has 4 heteroatoms. The van der Waals surface area contributed by atoms with Crippen LogP contribution in [0, 0.1) is 5.82 Å². The average Bonchev–Trinajstić information content (AvgIpc) is 1.94. The van der Waals surface area contributed by atoms with E-state index >= 15 is 0 Å². The van der Waals surface area contributed by atoms with E-state index in [9.17, 15) is 14.3 Å². The van der Waals surface area contributed by atoms with Gasteiger partial charge in [0.05, 0.1) is 11.7 Å². The lowest BCUT2D eigenvalue weighted by Gasteiger charge is -2.05. The van der Waals surface area contributed by atoms with Crippen LogP contribution in [0.25, 0.3) is 0 Å². The molecule has 0 aliphatic heterocycles. The molecule has 0 aliphatic rings. The van der Waals surface area contributed by atoms with E-state index < -0.39 is 11.8 Å². The predicted molar refractivity (Wildman–Crippen MR) is 35.1 cm³/mol. The molecule has 2 N–H and O–H groups in total. The number of carbonyl (C=O) groups is 1. The zero-order valence-electron chi connectivity index (χ0n) is 5.50. The Morgan fingerprint density at radius 2 is 2.18 bits per heavy atom. The third kappa shape index (κ3) is 1.29. The van der Waals surface area contributed by atoms with Crippen LogP contribution in [-0.2, 0) is 0 Å². The van der Waals surface area contributed by atoms with Crippen molar-refractivity contribution >= 4 is 11.7 Å². The number of benzene rings is 1. The highest BCUT2D eigenvalue weighted by Gasteiger charge is 2.03. The molecule has 3 nitrogen and oxygen atoms in total. The molecule has 1 aromatic carbocycles. The largest absolute Gasteiger partial charge is 0.545 e. The molecule has 0 fully saturated rings. The van der Waals surface area contributed by atoms with Gasteiger partial charge in [-0.25, -0.2) is 4.39 Å². The Hall–Kier alpha value is -1.58. The third-order valence-corrected chi connectivity index (χ3v) is 1.27. The maximum absolute atomic E-state index is 12.5. The highest BCUT2D eigenvalue weighted by atomic mass is 19.1. The lowest BCUT2D eigenvalue weighted by atomic mass is 10.2. The second-order valence-electron chi connectivity index (χ2n) is 1.99. The first kappa shape index (κ1) is 7.53. The average molecular weight is 154 g/mol. The number of anilines is 1. The van der Waals surface area contributed by atoms with Crippen LogP contribution in [0.15, 0.2) is 18.2 Å². The molecule has 0 aliphatic carbocycles. The highest BCUT2D eigenvalue weighted by Crippen LogP contribution is 2.14. The Bertz CT molecular complexity index is 298. The number of rotatable bonds is 1. The fourth-order valence-corrected chi connectivity index (χ4v) is 0.715. The van der Waals surface area contributed by atoms with Gasteiger partial charge in [0, 0.05) is 5.56 Å². The fourth-order valence-electron chi connectivity index (χ4n) is 0.715. The van der Waals surface area contributed by atoms with Gasteiger partial charge in [-0.15, -0.1) is 0 Å². The first-order chi connectivity index (χ1) is 5.13. The van der Waals surface area contributed by atoms with Gasteiger partial charge in [-0.05, 0) is 6.07 Å². The minimum Gasteiger partial charge on any atom is -0.545 e. The maximum atomic E-state index is 12.5. The Labute approximate surface area is 62.3 Å². The molecule has 11 heavy (non-hydrogen) atoms. The molecule has 58 valence electrons. The smallest absolute Gasteiger partial charge is 0.146 e. The predicted octanol–water partition coefficient (Wildman–Crippen LogP) is -0.229. The lowest BCUT2D eigenvalue weighted by Crippen LogP contribution is -2.23. The molecule has 0 heterocycles. The van der Waals surface area contributed by atoms with E-state index in [4.69, 9.17) is 5.73 Å². The molecule has 0 spiro atoms. The van der Waals surface area contributed by atoms with Crippen LogP contribution < -0.4 is 10.8 Å². The van der Waals surface area contributed by atoms with Crippen molar-refractivity contribution in [3.8, 4) is 0 Å². The number of carbonyl (C=O) groups excluding carboxylic acids is 1. The molecule has 0 saturated carbocycles. The summed E-state index contributed by atoms with van der Waals surface area (Å²) in [6.07, 6.45) is 0. The van der Waals surface area contributed by atoms with Gasteiger partial charge in [-0.1, -0.05) is 12.1 Å². The van der Waals surface area contributed by atoms with Gasteiger partial charge in [0.25, 0.3) is 0 Å². The second-order valence-corrected chi connectivity index (χ2v) is 1.99. The van der Waals surface area contributed by atoms with Crippen molar-refractivity contribution in [3.05, 3.63) is 29.6 Å². The lowest BCUT2D eigenvalue weighted by molar-refractivity contribution is -0.254. The van der Waals surface area contributed by atoms with Gasteiger partial charge in [0.15, 0.2) is 0 Å². The first-order valence-electron chi connectivity index (χ1n) is 2.88. The molecule has 0 atom stereocenters. The molecule has 0 unspecified atom stereocenters. The molecule has 0 saturated heterocycles. The maximum Gasteiger partial charge on any atom is 0.146 e. The zero-order chi connectivity index (χ0) is 8.43. The molecular weight excluding hydrogens is 149 g/mol. The first-order valence-corrected chi connectivity index (χ1v) is 2.88. The van der Waals surface area contributed by atoms with E-state index in [1.54, 1.807) is 0 Å². The second kappa shape index (κ2) is 2.57. The normalized spacial score (nSPS) is 9.55. The van der Waals surface area contributed by atoms with Crippen molar-refractivity contribution in [2.24, 2.45) is 0 Å². The van der Waals surface area contributed by atoms with Crippen LogP contribution in [0.2, 0.25) is 0 Å². The minimum atomic E-state index is -1.47. The van der Waals surface area contributed by atoms with E-state index in [-0.39, 0.29) is 11.3 Å². The summed E-state index contributed by atoms with van der Waals surface area (Å²) in [6.45, 7) is 0. The van der Waals surface area contributed by atoms with Crippen molar-refractivity contribution in [1.29, 1.82) is 0 Å². The SMILES string of the molecule is Nc1c(F)cccc1C(=O)[O-]. The van der Waals surface area contributed by atoms with Crippen molar-refractivity contribution < 1.29 is 14.3 Å². The molecule has 0 bridgehead atoms. The summed E-state index contributed by atoms with van der Waals surface area (Å²) in [5, 5.41) is 10.2. The Morgan fingerprint density at radius 3 is 2.64 bits per heavy atom. The summed E-state index contributed by atoms with van der Waals surface area (Å²) < 4.78 is 12.5. The summed E-state index contributed by atoms with van der Waals surface area (Å²) >= 11 is 0. The number of aromatic carboxylic acids is 1. The number of carboxylic acids is 1. The Morgan fingerprint density at radius 1 is 1.55 bits per heavy atom. The summed E-state index contributed by atoms with van der Waals surface area (Å²) in [6, 6.07) is 3.53. The van der Waals surface area contributed by atoms with Gasteiger partial charge >= 0.3 is 0 Å². The molecule has 0 radical (unpaired) electrons. The summed E-state index contributed by atoms with van der Waals surface area (Å²) in [5.41, 5.74) is 4.39. The third-order valence-electron chi connectivity index (χ3n) is 1.27. The van der Waals surface area contributed by atoms with Crippen molar-refractivity contribution in [1.82, 2.24) is 0 Å². The number of nitrogens with two attached hydrogens (primary N) is 1. The van der Waals surface area contributed by atoms with Crippen molar-refractivity contribution in [3.63, 3.8) is 0 Å². The van der Waals surface area contributed by atoms with Crippen LogP contribution in [0.3, 0.4) is 0 Å². The number of para-hydroxylation sites is 1. The van der Waals surface area contributed by atoms with E-state index in [2.05, 4.69) is 0 Å². The monoisotopic (exact) mass is 154 g/mol. The van der Waals surface area contributed by atoms with Crippen molar-refractivity contribution in [2.75, 3.05) is 5.73 Å². The van der Waals surface area contributed by atoms with Crippen LogP contribution in [0.1, 0.15) is 10.4 Å². The number of hydrogen-bond donors (Lipinski definition) is 1. The van der Waals surface area contributed by atoms with Crippen LogP contribution in [0.4, 0.5) is 10.1 Å². The van der Waals surface area contributed by atoms with E-state index in [0.717, 1.165) is 6.07 Å². The summed E-state index contributed by atoms with van der Waals surface area (Å²) in [7, 11) is 0. The summed E-state index contributed by atoms with van der Waals surface area (Å²) in [4.78, 5) is 10.2. The van der Waals surface area contributed by atoms with E-state index in [1.165, 1.54) is 12.1 Å².